The summed E-state index contributed by atoms with van der Waals surface area (Å²) in [7, 11) is 1.39. The molecule has 156 valence electrons. The summed E-state index contributed by atoms with van der Waals surface area (Å²) >= 11 is 7.05. The lowest BCUT2D eigenvalue weighted by atomic mass is 10.0. The van der Waals surface area contributed by atoms with Crippen molar-refractivity contribution in [2.75, 3.05) is 12.4 Å². The molecule has 3 rings (SSSR count). The number of thiocarbonyl (C=S) groups is 1. The van der Waals surface area contributed by atoms with Gasteiger partial charge < -0.3 is 15.4 Å². The molecule has 1 unspecified atom stereocenters. The Labute approximate surface area is 187 Å². The van der Waals surface area contributed by atoms with E-state index in [4.69, 9.17) is 17.0 Å². The van der Waals surface area contributed by atoms with Crippen molar-refractivity contribution in [1.29, 1.82) is 0 Å². The maximum Gasteiger partial charge on any atom is 0.340 e. The van der Waals surface area contributed by atoms with Crippen molar-refractivity contribution < 1.29 is 9.53 Å². The molecular formula is C24H26N2O2S2. The van der Waals surface area contributed by atoms with Crippen molar-refractivity contribution in [2.45, 2.75) is 33.2 Å². The molecule has 0 bridgehead atoms. The fraction of sp³-hybridized carbons (Fsp3) is 0.250. The van der Waals surface area contributed by atoms with Crippen LogP contribution in [0.1, 0.15) is 50.5 Å². The van der Waals surface area contributed by atoms with E-state index in [0.717, 1.165) is 11.3 Å². The fourth-order valence-electron chi connectivity index (χ4n) is 3.41. The van der Waals surface area contributed by atoms with E-state index in [9.17, 15) is 4.79 Å². The number of carbonyl (C=O) groups is 1. The van der Waals surface area contributed by atoms with Gasteiger partial charge in [0.05, 0.1) is 18.7 Å². The Morgan fingerprint density at radius 1 is 1.13 bits per heavy atom. The molecule has 0 saturated heterocycles. The van der Waals surface area contributed by atoms with Crippen LogP contribution in [-0.4, -0.2) is 18.2 Å². The molecule has 1 aromatic heterocycles. The van der Waals surface area contributed by atoms with Crippen LogP contribution in [0.15, 0.2) is 54.6 Å². The predicted octanol–water partition coefficient (Wildman–Crippen LogP) is 5.79. The molecule has 0 amide bonds. The highest BCUT2D eigenvalue weighted by Crippen LogP contribution is 2.31. The van der Waals surface area contributed by atoms with Crippen LogP contribution < -0.4 is 10.6 Å². The Morgan fingerprint density at radius 2 is 1.87 bits per heavy atom. The average Bonchev–Trinajstić information content (AvgIpc) is 3.09. The lowest BCUT2D eigenvalue weighted by molar-refractivity contribution is 0.0602. The summed E-state index contributed by atoms with van der Waals surface area (Å²) in [6.07, 6.45) is 0.746. The van der Waals surface area contributed by atoms with Gasteiger partial charge in [-0.1, -0.05) is 54.1 Å². The summed E-state index contributed by atoms with van der Waals surface area (Å²) in [6, 6.07) is 18.5. The van der Waals surface area contributed by atoms with Crippen molar-refractivity contribution in [1.82, 2.24) is 5.32 Å². The highest BCUT2D eigenvalue weighted by molar-refractivity contribution is 7.80. The molecule has 0 aliphatic carbocycles. The molecule has 0 fully saturated rings. The van der Waals surface area contributed by atoms with Crippen LogP contribution in [0.4, 0.5) is 5.00 Å². The molecule has 0 saturated carbocycles. The molecule has 3 aromatic rings. The van der Waals surface area contributed by atoms with Crippen molar-refractivity contribution in [2.24, 2.45) is 0 Å². The first kappa shape index (κ1) is 22.0. The summed E-state index contributed by atoms with van der Waals surface area (Å²) in [4.78, 5) is 13.3. The van der Waals surface area contributed by atoms with Gasteiger partial charge >= 0.3 is 5.97 Å². The third kappa shape index (κ3) is 5.46. The zero-order valence-corrected chi connectivity index (χ0v) is 19.2. The summed E-state index contributed by atoms with van der Waals surface area (Å²) in [6.45, 7) is 6.25. The largest absolute Gasteiger partial charge is 0.465 e. The Balaban J connectivity index is 1.75. The van der Waals surface area contributed by atoms with Gasteiger partial charge in [-0.15, -0.1) is 11.3 Å². The zero-order chi connectivity index (χ0) is 21.7. The highest BCUT2D eigenvalue weighted by atomic mass is 32.1. The second-order valence-corrected chi connectivity index (χ2v) is 8.83. The molecule has 4 nitrogen and oxygen atoms in total. The number of hydrogen-bond acceptors (Lipinski definition) is 4. The van der Waals surface area contributed by atoms with Gasteiger partial charge in [-0.25, -0.2) is 4.79 Å². The molecule has 0 spiro atoms. The standard InChI is InChI=1S/C24H26N2O2S2/c1-15-10-11-20(16(2)12-15)17(3)25-24(29)26-22-21(23(27)28-4)14-19(30-22)13-18-8-6-5-7-9-18/h5-12,14,17H,13H2,1-4H3,(H2,25,26,29). The predicted molar refractivity (Wildman–Crippen MR) is 129 cm³/mol. The van der Waals surface area contributed by atoms with E-state index < -0.39 is 0 Å². The van der Waals surface area contributed by atoms with Crippen LogP contribution in [0, 0.1) is 13.8 Å². The summed E-state index contributed by atoms with van der Waals surface area (Å²) in [5.41, 5.74) is 5.32. The lowest BCUT2D eigenvalue weighted by Gasteiger charge is -2.19. The number of aryl methyl sites for hydroxylation is 2. The molecule has 6 heteroatoms. The van der Waals surface area contributed by atoms with E-state index in [1.165, 1.54) is 40.7 Å². The smallest absolute Gasteiger partial charge is 0.340 e. The number of hydrogen-bond donors (Lipinski definition) is 2. The van der Waals surface area contributed by atoms with Gasteiger partial charge in [-0.2, -0.15) is 0 Å². The van der Waals surface area contributed by atoms with Crippen molar-refractivity contribution >= 4 is 39.6 Å². The molecule has 2 aromatic carbocycles. The minimum absolute atomic E-state index is 0.0379. The number of ether oxygens (including phenoxy) is 1. The highest BCUT2D eigenvalue weighted by Gasteiger charge is 2.19. The third-order valence-electron chi connectivity index (χ3n) is 4.88. The van der Waals surface area contributed by atoms with Crippen LogP contribution in [0.3, 0.4) is 0 Å². The molecule has 1 heterocycles. The molecule has 30 heavy (non-hydrogen) atoms. The Bertz CT molecular complexity index is 1040. The van der Waals surface area contributed by atoms with Crippen LogP contribution in [0.2, 0.25) is 0 Å². The average molecular weight is 439 g/mol. The van der Waals surface area contributed by atoms with Gasteiger partial charge in [-0.05, 0) is 55.7 Å². The molecule has 1 atom stereocenters. The molecule has 0 radical (unpaired) electrons. The first-order valence-corrected chi connectivity index (χ1v) is 11.0. The molecular weight excluding hydrogens is 412 g/mol. The topological polar surface area (TPSA) is 50.4 Å². The second-order valence-electron chi connectivity index (χ2n) is 7.29. The number of nitrogens with one attached hydrogen (secondary N) is 2. The minimum Gasteiger partial charge on any atom is -0.465 e. The van der Waals surface area contributed by atoms with Crippen molar-refractivity contribution in [3.63, 3.8) is 0 Å². The Kier molecular flexibility index (Phi) is 7.24. The zero-order valence-electron chi connectivity index (χ0n) is 17.6. The van der Waals surface area contributed by atoms with Gasteiger partial charge in [-0.3, -0.25) is 0 Å². The maximum absolute atomic E-state index is 12.3. The monoisotopic (exact) mass is 438 g/mol. The summed E-state index contributed by atoms with van der Waals surface area (Å²) in [5, 5.41) is 7.69. The minimum atomic E-state index is -0.377. The summed E-state index contributed by atoms with van der Waals surface area (Å²) in [5.74, 6) is -0.377. The van der Waals surface area contributed by atoms with Gasteiger partial charge in [0, 0.05) is 11.3 Å². The fourth-order valence-corrected chi connectivity index (χ4v) is 4.83. The lowest BCUT2D eigenvalue weighted by Crippen LogP contribution is -2.31. The number of methoxy groups -OCH3 is 1. The quantitative estimate of drug-likeness (QED) is 0.377. The Morgan fingerprint density at radius 3 is 2.53 bits per heavy atom. The van der Waals surface area contributed by atoms with Crippen LogP contribution in [0.25, 0.3) is 0 Å². The SMILES string of the molecule is COC(=O)c1cc(Cc2ccccc2)sc1NC(=S)NC(C)c1ccc(C)cc1C. The first-order valence-electron chi connectivity index (χ1n) is 9.77. The van der Waals surface area contributed by atoms with Gasteiger partial charge in [0.2, 0.25) is 0 Å². The second kappa shape index (κ2) is 9.87. The van der Waals surface area contributed by atoms with E-state index in [1.54, 1.807) is 0 Å². The van der Waals surface area contributed by atoms with Crippen LogP contribution in [0.5, 0.6) is 0 Å². The van der Waals surface area contributed by atoms with E-state index in [0.29, 0.717) is 15.7 Å². The van der Waals surface area contributed by atoms with Gasteiger partial charge in [0.15, 0.2) is 5.11 Å². The van der Waals surface area contributed by atoms with E-state index in [-0.39, 0.29) is 12.0 Å². The normalized spacial score (nSPS) is 11.6. The Hall–Kier alpha value is -2.70. The van der Waals surface area contributed by atoms with Gasteiger partial charge in [0.25, 0.3) is 0 Å². The molecule has 0 aliphatic heterocycles. The number of carbonyl (C=O) groups excluding carboxylic acids is 1. The first-order chi connectivity index (χ1) is 14.4. The van der Waals surface area contributed by atoms with E-state index >= 15 is 0 Å². The number of rotatable bonds is 6. The van der Waals surface area contributed by atoms with E-state index in [1.807, 2.05) is 24.3 Å². The van der Waals surface area contributed by atoms with Crippen molar-refractivity contribution in [3.05, 3.63) is 87.3 Å². The molecule has 2 N–H and O–H groups in total. The third-order valence-corrected chi connectivity index (χ3v) is 6.15. The summed E-state index contributed by atoms with van der Waals surface area (Å²) < 4.78 is 4.96. The van der Waals surface area contributed by atoms with E-state index in [2.05, 4.69) is 61.7 Å². The number of esters is 1. The van der Waals surface area contributed by atoms with Crippen LogP contribution >= 0.6 is 23.6 Å². The van der Waals surface area contributed by atoms with Crippen molar-refractivity contribution in [3.8, 4) is 0 Å². The van der Waals surface area contributed by atoms with Crippen LogP contribution in [-0.2, 0) is 11.2 Å². The number of thiophene rings is 1. The molecule has 0 aliphatic rings. The number of benzene rings is 2. The number of anilines is 1. The van der Waals surface area contributed by atoms with Gasteiger partial charge in [0.1, 0.15) is 5.00 Å². The maximum atomic E-state index is 12.3.